The van der Waals surface area contributed by atoms with Crippen LogP contribution in [-0.4, -0.2) is 66.1 Å². The first kappa shape index (κ1) is 20.1. The van der Waals surface area contributed by atoms with Crippen LogP contribution in [0.15, 0.2) is 0 Å². The van der Waals surface area contributed by atoms with Crippen LogP contribution >= 0.6 is 0 Å². The van der Waals surface area contributed by atoms with Gasteiger partial charge in [-0.15, -0.1) is 0 Å². The summed E-state index contributed by atoms with van der Waals surface area (Å²) in [4.78, 5) is 43.9. The molecule has 0 aromatic carbocycles. The Bertz CT molecular complexity index is 702. The van der Waals surface area contributed by atoms with E-state index in [1.54, 1.807) is 11.9 Å². The number of likely N-dealkylation sites (N-methyl/N-ethyl adjacent to an activating group) is 1. The van der Waals surface area contributed by atoms with Crippen molar-refractivity contribution >= 4 is 18.3 Å². The number of carbonyl (C=O) groups is 3. The minimum atomic E-state index is -0.418. The lowest BCUT2D eigenvalue weighted by Crippen LogP contribution is -2.59. The van der Waals surface area contributed by atoms with E-state index in [9.17, 15) is 14.4 Å². The first-order valence-corrected chi connectivity index (χ1v) is 11.6. The first-order chi connectivity index (χ1) is 14.4. The van der Waals surface area contributed by atoms with Gasteiger partial charge in [0.25, 0.3) is 0 Å². The lowest BCUT2D eigenvalue weighted by molar-refractivity contribution is -0.231. The molecule has 8 nitrogen and oxygen atoms in total. The quantitative estimate of drug-likeness (QED) is 0.645. The molecular formula is C22H34N4O4. The van der Waals surface area contributed by atoms with Crippen molar-refractivity contribution in [1.82, 2.24) is 20.6 Å². The molecule has 8 heteroatoms. The Hall–Kier alpha value is -1.83. The minimum absolute atomic E-state index is 0.0161. The highest BCUT2D eigenvalue weighted by molar-refractivity contribution is 5.87. The molecular weight excluding hydrogens is 384 g/mol. The number of carbonyl (C=O) groups excluding carboxylic acids is 3. The Kier molecular flexibility index (Phi) is 4.95. The van der Waals surface area contributed by atoms with Crippen molar-refractivity contribution in [3.8, 4) is 0 Å². The standard InChI is InChI=1S/C22H34N4O4/c1-25-18(19(28)24-16-10-21(11-16)5-3-6-21)4-2-7-26(20(25)29)30-17-12-22(13-17)8-15(9-22)23-14-27/h14-18H,2-13H2,1H3,(H,23,27)(H,24,28)/t15?,17?,18-,22?/m0/s1. The number of hydrogen-bond acceptors (Lipinski definition) is 4. The van der Waals surface area contributed by atoms with Crippen LogP contribution in [0, 0.1) is 10.8 Å². The zero-order valence-electron chi connectivity index (χ0n) is 17.9. The molecule has 0 radical (unpaired) electrons. The normalized spacial score (nSPS) is 37.5. The monoisotopic (exact) mass is 418 g/mol. The van der Waals surface area contributed by atoms with E-state index in [1.807, 2.05) is 0 Å². The summed E-state index contributed by atoms with van der Waals surface area (Å²) in [5, 5.41) is 7.49. The fourth-order valence-electron chi connectivity index (χ4n) is 6.60. The van der Waals surface area contributed by atoms with E-state index in [2.05, 4.69) is 10.6 Å². The Morgan fingerprint density at radius 1 is 1.07 bits per heavy atom. The van der Waals surface area contributed by atoms with Gasteiger partial charge in [-0.1, -0.05) is 6.42 Å². The van der Waals surface area contributed by atoms with Gasteiger partial charge in [-0.3, -0.25) is 14.4 Å². The molecule has 1 aliphatic heterocycles. The van der Waals surface area contributed by atoms with Gasteiger partial charge in [-0.2, -0.15) is 0 Å². The topological polar surface area (TPSA) is 91.0 Å². The van der Waals surface area contributed by atoms with Crippen molar-refractivity contribution in [2.24, 2.45) is 10.8 Å². The number of urea groups is 1. The second-order valence-electron chi connectivity index (χ2n) is 10.6. The summed E-state index contributed by atoms with van der Waals surface area (Å²) in [7, 11) is 1.71. The maximum absolute atomic E-state index is 12.9. The van der Waals surface area contributed by atoms with Crippen molar-refractivity contribution in [2.45, 2.75) is 94.9 Å². The van der Waals surface area contributed by atoms with Crippen LogP contribution in [0.4, 0.5) is 4.79 Å². The number of nitrogens with one attached hydrogen (secondary N) is 2. The predicted molar refractivity (Wildman–Crippen MR) is 109 cm³/mol. The molecule has 1 heterocycles. The largest absolute Gasteiger partial charge is 0.356 e. The Labute approximate surface area is 178 Å². The zero-order chi connectivity index (χ0) is 20.9. The Morgan fingerprint density at radius 3 is 2.40 bits per heavy atom. The van der Waals surface area contributed by atoms with E-state index in [-0.39, 0.29) is 29.5 Å². The van der Waals surface area contributed by atoms with Gasteiger partial charge < -0.3 is 15.5 Å². The SMILES string of the molecule is CN1C(=O)N(OC2CC3(CC(NC=O)C3)C2)CCC[C@H]1C(=O)NC1CC2(CCC2)C1. The third-order valence-electron chi connectivity index (χ3n) is 8.50. The molecule has 0 bridgehead atoms. The van der Waals surface area contributed by atoms with Gasteiger partial charge in [-0.25, -0.2) is 9.86 Å². The lowest BCUT2D eigenvalue weighted by atomic mass is 9.53. The first-order valence-electron chi connectivity index (χ1n) is 11.6. The molecule has 4 amide bonds. The number of hydrogen-bond donors (Lipinski definition) is 2. The fourth-order valence-corrected chi connectivity index (χ4v) is 6.60. The molecule has 4 aliphatic carbocycles. The van der Waals surface area contributed by atoms with E-state index in [4.69, 9.17) is 4.84 Å². The van der Waals surface area contributed by atoms with E-state index >= 15 is 0 Å². The van der Waals surface area contributed by atoms with Gasteiger partial charge in [0.15, 0.2) is 0 Å². The molecule has 30 heavy (non-hydrogen) atoms. The molecule has 1 atom stereocenters. The van der Waals surface area contributed by atoms with E-state index in [0.29, 0.717) is 24.4 Å². The molecule has 0 unspecified atom stereocenters. The average molecular weight is 419 g/mol. The smallest absolute Gasteiger partial charge is 0.344 e. The molecule has 2 N–H and O–H groups in total. The molecule has 5 rings (SSSR count). The number of amides is 4. The van der Waals surface area contributed by atoms with E-state index in [0.717, 1.165) is 51.4 Å². The van der Waals surface area contributed by atoms with Gasteiger partial charge in [0.2, 0.25) is 12.3 Å². The number of nitrogens with zero attached hydrogens (tertiary/aromatic N) is 2. The van der Waals surface area contributed by atoms with Crippen LogP contribution in [0.1, 0.15) is 70.6 Å². The highest BCUT2D eigenvalue weighted by Crippen LogP contribution is 2.57. The highest BCUT2D eigenvalue weighted by atomic mass is 16.7. The summed E-state index contributed by atoms with van der Waals surface area (Å²) in [5.74, 6) is -0.0161. The van der Waals surface area contributed by atoms with Gasteiger partial charge in [0.05, 0.1) is 12.6 Å². The molecule has 1 saturated heterocycles. The lowest BCUT2D eigenvalue weighted by Gasteiger charge is -2.57. The summed E-state index contributed by atoms with van der Waals surface area (Å²) in [5.41, 5.74) is 0.812. The van der Waals surface area contributed by atoms with Crippen molar-refractivity contribution < 1.29 is 19.2 Å². The zero-order valence-corrected chi connectivity index (χ0v) is 17.9. The second-order valence-corrected chi connectivity index (χ2v) is 10.6. The third-order valence-corrected chi connectivity index (χ3v) is 8.50. The molecule has 0 aromatic rings. The van der Waals surface area contributed by atoms with E-state index in [1.165, 1.54) is 24.3 Å². The van der Waals surface area contributed by atoms with Crippen LogP contribution in [0.2, 0.25) is 0 Å². The molecule has 4 saturated carbocycles. The summed E-state index contributed by atoms with van der Waals surface area (Å²) < 4.78 is 0. The summed E-state index contributed by atoms with van der Waals surface area (Å²) in [6.45, 7) is 0.526. The van der Waals surface area contributed by atoms with Crippen LogP contribution in [0.5, 0.6) is 0 Å². The maximum Gasteiger partial charge on any atom is 0.344 e. The Morgan fingerprint density at radius 2 is 1.77 bits per heavy atom. The van der Waals surface area contributed by atoms with Crippen molar-refractivity contribution in [2.75, 3.05) is 13.6 Å². The van der Waals surface area contributed by atoms with Gasteiger partial charge in [-0.05, 0) is 75.0 Å². The minimum Gasteiger partial charge on any atom is -0.356 e. The third kappa shape index (κ3) is 3.47. The van der Waals surface area contributed by atoms with Crippen LogP contribution < -0.4 is 10.6 Å². The van der Waals surface area contributed by atoms with Crippen LogP contribution in [0.25, 0.3) is 0 Å². The van der Waals surface area contributed by atoms with Gasteiger partial charge in [0.1, 0.15) is 6.04 Å². The van der Waals surface area contributed by atoms with Gasteiger partial charge in [0, 0.05) is 19.1 Å². The van der Waals surface area contributed by atoms with Crippen LogP contribution in [-0.2, 0) is 14.4 Å². The highest BCUT2D eigenvalue weighted by Gasteiger charge is 2.54. The second kappa shape index (κ2) is 7.39. The van der Waals surface area contributed by atoms with Crippen LogP contribution in [0.3, 0.4) is 0 Å². The van der Waals surface area contributed by atoms with Crippen molar-refractivity contribution in [1.29, 1.82) is 0 Å². The average Bonchev–Trinajstić information content (AvgIpc) is 2.72. The molecule has 2 spiro atoms. The fraction of sp³-hybridized carbons (Fsp3) is 0.864. The molecule has 5 fully saturated rings. The molecule has 0 aromatic heterocycles. The predicted octanol–water partition coefficient (Wildman–Crippen LogP) is 1.94. The van der Waals surface area contributed by atoms with Gasteiger partial charge >= 0.3 is 6.03 Å². The van der Waals surface area contributed by atoms with Crippen molar-refractivity contribution in [3.63, 3.8) is 0 Å². The Balaban J connectivity index is 1.09. The molecule has 166 valence electrons. The summed E-state index contributed by atoms with van der Waals surface area (Å²) >= 11 is 0. The maximum atomic E-state index is 12.9. The number of hydroxylamine groups is 2. The summed E-state index contributed by atoms with van der Waals surface area (Å²) in [6.07, 6.45) is 12.3. The van der Waals surface area contributed by atoms with E-state index < -0.39 is 6.04 Å². The molecule has 5 aliphatic rings. The summed E-state index contributed by atoms with van der Waals surface area (Å²) in [6, 6.07) is -0.0584. The van der Waals surface area contributed by atoms with Crippen molar-refractivity contribution in [3.05, 3.63) is 0 Å². The number of rotatable bonds is 6.